The van der Waals surface area contributed by atoms with Gasteiger partial charge in [0.15, 0.2) is 0 Å². The Labute approximate surface area is 194 Å². The largest absolute Gasteiger partial charge is 0.756 e. The Bertz CT molecular complexity index is 426. The summed E-state index contributed by atoms with van der Waals surface area (Å²) in [5, 5.41) is 0. The van der Waals surface area contributed by atoms with Crippen molar-refractivity contribution in [3.63, 3.8) is 0 Å². The third-order valence-electron chi connectivity index (χ3n) is 5.76. The highest BCUT2D eigenvalue weighted by molar-refractivity contribution is 7.45. The molecule has 0 saturated heterocycles. The lowest BCUT2D eigenvalue weighted by atomic mass is 10.0. The molecule has 0 N–H and O–H groups in total. The molecular formula is C25H54NO4P. The highest BCUT2D eigenvalue weighted by atomic mass is 31.2. The molecule has 6 heteroatoms. The van der Waals surface area contributed by atoms with E-state index >= 15 is 0 Å². The number of hydrogen-bond donors (Lipinski definition) is 0. The molecule has 0 heterocycles. The van der Waals surface area contributed by atoms with Crippen molar-refractivity contribution in [2.24, 2.45) is 0 Å². The summed E-state index contributed by atoms with van der Waals surface area (Å²) in [7, 11) is 1.86. The molecule has 0 radical (unpaired) electrons. The Morgan fingerprint density at radius 2 is 0.903 bits per heavy atom. The van der Waals surface area contributed by atoms with Gasteiger partial charge in [0.1, 0.15) is 13.2 Å². The topological polar surface area (TPSA) is 58.6 Å². The third-order valence-corrected chi connectivity index (χ3v) is 6.76. The first-order valence-corrected chi connectivity index (χ1v) is 14.6. The molecule has 0 aromatic rings. The molecule has 188 valence electrons. The minimum absolute atomic E-state index is 0.170. The number of quaternary nitrogens is 1. The van der Waals surface area contributed by atoms with Crippen molar-refractivity contribution in [1.29, 1.82) is 0 Å². The molecule has 0 aromatic carbocycles. The first-order chi connectivity index (χ1) is 14.8. The average molecular weight is 464 g/mol. The number of unbranched alkanes of at least 4 members (excludes halogenated alkanes) is 17. The standard InChI is InChI=1S/C25H54NO4P/c1-5-6-7-8-9-10-11-12-13-14-15-16-17-18-19-20-21-22-24-29-31(27,28)30-25-23-26(2,3)4/h5-25H2,1-4H3. The summed E-state index contributed by atoms with van der Waals surface area (Å²) >= 11 is 0. The van der Waals surface area contributed by atoms with Gasteiger partial charge in [-0.1, -0.05) is 116 Å². The number of hydrogen-bond acceptors (Lipinski definition) is 4. The van der Waals surface area contributed by atoms with Gasteiger partial charge in [-0.05, 0) is 6.42 Å². The van der Waals surface area contributed by atoms with Crippen LogP contribution >= 0.6 is 7.82 Å². The quantitative estimate of drug-likeness (QED) is 0.0860. The molecular weight excluding hydrogens is 409 g/mol. The summed E-state index contributed by atoms with van der Waals surface area (Å²) in [4.78, 5) is 11.7. The van der Waals surface area contributed by atoms with Crippen molar-refractivity contribution in [2.75, 3.05) is 40.9 Å². The van der Waals surface area contributed by atoms with Gasteiger partial charge in [0, 0.05) is 0 Å². The van der Waals surface area contributed by atoms with E-state index in [0.717, 1.165) is 19.3 Å². The fraction of sp³-hybridized carbons (Fsp3) is 1.00. The van der Waals surface area contributed by atoms with E-state index in [0.29, 0.717) is 11.0 Å². The van der Waals surface area contributed by atoms with Gasteiger partial charge in [0.2, 0.25) is 0 Å². The maximum absolute atomic E-state index is 11.7. The summed E-state index contributed by atoms with van der Waals surface area (Å²) in [5.41, 5.74) is 0. The van der Waals surface area contributed by atoms with Gasteiger partial charge >= 0.3 is 0 Å². The van der Waals surface area contributed by atoms with Gasteiger partial charge < -0.3 is 18.4 Å². The first-order valence-electron chi connectivity index (χ1n) is 13.2. The van der Waals surface area contributed by atoms with Crippen molar-refractivity contribution < 1.29 is 23.0 Å². The van der Waals surface area contributed by atoms with Gasteiger partial charge in [-0.25, -0.2) is 0 Å². The Morgan fingerprint density at radius 1 is 0.581 bits per heavy atom. The highest BCUT2D eigenvalue weighted by Gasteiger charge is 2.12. The molecule has 0 aliphatic rings. The second-order valence-corrected chi connectivity index (χ2v) is 11.5. The number of nitrogens with zero attached hydrogens (tertiary/aromatic N) is 1. The molecule has 0 aliphatic heterocycles. The fourth-order valence-corrected chi connectivity index (χ4v) is 4.38. The summed E-state index contributed by atoms with van der Waals surface area (Å²) in [6.45, 7) is 3.32. The number of likely N-dealkylation sites (N-methyl/N-ethyl adjacent to an activating group) is 1. The Hall–Kier alpha value is 0.0700. The minimum Gasteiger partial charge on any atom is -0.756 e. The van der Waals surface area contributed by atoms with E-state index in [-0.39, 0.29) is 13.2 Å². The Kier molecular flexibility index (Phi) is 20.7. The van der Waals surface area contributed by atoms with Crippen molar-refractivity contribution in [3.8, 4) is 0 Å². The monoisotopic (exact) mass is 463 g/mol. The van der Waals surface area contributed by atoms with Crippen molar-refractivity contribution in [1.82, 2.24) is 0 Å². The number of rotatable bonds is 24. The van der Waals surface area contributed by atoms with Crippen LogP contribution in [0.15, 0.2) is 0 Å². The maximum Gasteiger partial charge on any atom is 0.268 e. The zero-order chi connectivity index (χ0) is 23.3. The first kappa shape index (κ1) is 31.1. The minimum atomic E-state index is -4.13. The van der Waals surface area contributed by atoms with Crippen LogP contribution in [0.3, 0.4) is 0 Å². The Balaban J connectivity index is 3.25. The van der Waals surface area contributed by atoms with E-state index in [1.807, 2.05) is 21.1 Å². The van der Waals surface area contributed by atoms with Gasteiger partial charge in [0.05, 0.1) is 27.7 Å². The predicted molar refractivity (Wildman–Crippen MR) is 131 cm³/mol. The van der Waals surface area contributed by atoms with Crippen LogP contribution in [-0.2, 0) is 13.6 Å². The molecule has 1 unspecified atom stereocenters. The molecule has 0 saturated carbocycles. The lowest BCUT2D eigenvalue weighted by molar-refractivity contribution is -0.870. The molecule has 0 amide bonds. The highest BCUT2D eigenvalue weighted by Crippen LogP contribution is 2.38. The molecule has 5 nitrogen and oxygen atoms in total. The molecule has 0 spiro atoms. The van der Waals surface area contributed by atoms with Gasteiger partial charge in [-0.2, -0.15) is 0 Å². The Morgan fingerprint density at radius 3 is 1.26 bits per heavy atom. The van der Waals surface area contributed by atoms with Gasteiger partial charge in [-0.15, -0.1) is 0 Å². The molecule has 1 atom stereocenters. The number of phosphoric acid groups is 1. The van der Waals surface area contributed by atoms with E-state index in [4.69, 9.17) is 9.05 Å². The second-order valence-electron chi connectivity index (χ2n) is 10.1. The lowest BCUT2D eigenvalue weighted by Gasteiger charge is -2.27. The van der Waals surface area contributed by atoms with Crippen LogP contribution in [0.4, 0.5) is 0 Å². The van der Waals surface area contributed by atoms with E-state index in [2.05, 4.69) is 6.92 Å². The normalized spacial score (nSPS) is 14.1. The van der Waals surface area contributed by atoms with Crippen LogP contribution in [0, 0.1) is 0 Å². The van der Waals surface area contributed by atoms with Crippen LogP contribution < -0.4 is 4.89 Å². The van der Waals surface area contributed by atoms with Crippen LogP contribution in [0.2, 0.25) is 0 Å². The zero-order valence-electron chi connectivity index (χ0n) is 21.4. The van der Waals surface area contributed by atoms with Gasteiger partial charge in [-0.3, -0.25) is 4.57 Å². The molecule has 0 aliphatic carbocycles. The summed E-state index contributed by atoms with van der Waals surface area (Å²) < 4.78 is 22.2. The molecule has 0 fully saturated rings. The summed E-state index contributed by atoms with van der Waals surface area (Å²) in [5.74, 6) is 0. The van der Waals surface area contributed by atoms with E-state index < -0.39 is 7.82 Å². The molecule has 0 bridgehead atoms. The smallest absolute Gasteiger partial charge is 0.268 e. The second kappa shape index (κ2) is 20.7. The maximum atomic E-state index is 11.7. The van der Waals surface area contributed by atoms with Gasteiger partial charge in [0.25, 0.3) is 7.82 Å². The van der Waals surface area contributed by atoms with Crippen molar-refractivity contribution >= 4 is 7.82 Å². The third kappa shape index (κ3) is 26.2. The van der Waals surface area contributed by atoms with Crippen LogP contribution in [0.25, 0.3) is 0 Å². The summed E-state index contributed by atoms with van der Waals surface area (Å²) in [6, 6.07) is 0. The van der Waals surface area contributed by atoms with Crippen LogP contribution in [0.5, 0.6) is 0 Å². The van der Waals surface area contributed by atoms with Crippen molar-refractivity contribution in [3.05, 3.63) is 0 Å². The van der Waals surface area contributed by atoms with E-state index in [1.54, 1.807) is 0 Å². The SMILES string of the molecule is CCCCCCCCCCCCCCCCCCCCOP(=O)([O-])OCC[N+](C)(C)C. The van der Waals surface area contributed by atoms with E-state index in [1.165, 1.54) is 96.3 Å². The lowest BCUT2D eigenvalue weighted by Crippen LogP contribution is -2.37. The molecule has 0 aromatic heterocycles. The average Bonchev–Trinajstić information content (AvgIpc) is 2.68. The number of phosphoric ester groups is 1. The molecule has 31 heavy (non-hydrogen) atoms. The zero-order valence-corrected chi connectivity index (χ0v) is 22.3. The van der Waals surface area contributed by atoms with Crippen LogP contribution in [-0.4, -0.2) is 45.4 Å². The van der Waals surface area contributed by atoms with Crippen molar-refractivity contribution in [2.45, 2.75) is 122 Å². The van der Waals surface area contributed by atoms with E-state index in [9.17, 15) is 9.46 Å². The predicted octanol–water partition coefficient (Wildman–Crippen LogP) is 7.24. The molecule has 0 rings (SSSR count). The summed E-state index contributed by atoms with van der Waals surface area (Å²) in [6.07, 6.45) is 23.8. The fourth-order valence-electron chi connectivity index (χ4n) is 3.64. The van der Waals surface area contributed by atoms with Crippen LogP contribution in [0.1, 0.15) is 122 Å².